The number of likely N-dealkylation sites (tertiary alicyclic amines) is 1. The Labute approximate surface area is 136 Å². The second kappa shape index (κ2) is 5.96. The molecule has 1 unspecified atom stereocenters. The number of carbonyl (C=O) groups is 1. The van der Waals surface area contributed by atoms with E-state index in [4.69, 9.17) is 9.47 Å². The van der Waals surface area contributed by atoms with Crippen molar-refractivity contribution in [2.75, 3.05) is 26.3 Å². The summed E-state index contributed by atoms with van der Waals surface area (Å²) in [6.45, 7) is 2.77. The molecule has 4 rings (SSSR count). The zero-order chi connectivity index (χ0) is 15.7. The fourth-order valence-electron chi connectivity index (χ4n) is 3.81. The standard InChI is InChI=1S/C18H22N2O3/c21-17(14-4-1-2-5-14)20-12-18(13-20)15(7-9-23-18)11-22-16-6-3-8-19-10-16/h3-4,6,8,10,15H,1-2,5,7,9,11-13H2. The first-order valence-corrected chi connectivity index (χ1v) is 8.42. The first-order chi connectivity index (χ1) is 11.3. The molecule has 122 valence electrons. The number of hydrogen-bond acceptors (Lipinski definition) is 4. The molecule has 1 amide bonds. The molecule has 2 saturated heterocycles. The van der Waals surface area contributed by atoms with Gasteiger partial charge in [-0.05, 0) is 37.8 Å². The highest BCUT2D eigenvalue weighted by molar-refractivity contribution is 5.94. The summed E-state index contributed by atoms with van der Waals surface area (Å²) in [4.78, 5) is 18.4. The van der Waals surface area contributed by atoms with Crippen LogP contribution in [-0.4, -0.2) is 47.7 Å². The fraction of sp³-hybridized carbons (Fsp3) is 0.556. The van der Waals surface area contributed by atoms with Crippen molar-refractivity contribution < 1.29 is 14.3 Å². The van der Waals surface area contributed by atoms with Gasteiger partial charge in [0, 0.05) is 24.3 Å². The predicted octanol–water partition coefficient (Wildman–Crippen LogP) is 2.19. The summed E-state index contributed by atoms with van der Waals surface area (Å²) in [5.74, 6) is 1.33. The van der Waals surface area contributed by atoms with E-state index in [0.29, 0.717) is 25.6 Å². The number of pyridine rings is 1. The molecule has 0 radical (unpaired) electrons. The van der Waals surface area contributed by atoms with Crippen molar-refractivity contribution in [1.29, 1.82) is 0 Å². The van der Waals surface area contributed by atoms with Gasteiger partial charge in [0.15, 0.2) is 0 Å². The van der Waals surface area contributed by atoms with Gasteiger partial charge in [0.25, 0.3) is 0 Å². The summed E-state index contributed by atoms with van der Waals surface area (Å²) in [6.07, 6.45) is 9.62. The molecule has 0 saturated carbocycles. The number of hydrogen-bond donors (Lipinski definition) is 0. The maximum atomic E-state index is 12.4. The van der Waals surface area contributed by atoms with Crippen LogP contribution >= 0.6 is 0 Å². The van der Waals surface area contributed by atoms with Gasteiger partial charge < -0.3 is 14.4 Å². The third kappa shape index (κ3) is 2.74. The van der Waals surface area contributed by atoms with Crippen molar-refractivity contribution in [3.8, 4) is 5.75 Å². The molecule has 0 aromatic carbocycles. The van der Waals surface area contributed by atoms with E-state index in [2.05, 4.69) is 11.1 Å². The van der Waals surface area contributed by atoms with Gasteiger partial charge >= 0.3 is 0 Å². The maximum absolute atomic E-state index is 12.4. The van der Waals surface area contributed by atoms with Gasteiger partial charge in [-0.15, -0.1) is 0 Å². The Kier molecular flexibility index (Phi) is 3.81. The normalized spacial score (nSPS) is 25.3. The SMILES string of the molecule is O=C(C1=CCCC1)N1CC2(C1)OCCC2COc1cccnc1. The van der Waals surface area contributed by atoms with E-state index in [-0.39, 0.29) is 11.5 Å². The van der Waals surface area contributed by atoms with Crippen LogP contribution in [0.4, 0.5) is 0 Å². The van der Waals surface area contributed by atoms with Gasteiger partial charge in [0.2, 0.25) is 5.91 Å². The van der Waals surface area contributed by atoms with Crippen molar-refractivity contribution in [2.45, 2.75) is 31.3 Å². The van der Waals surface area contributed by atoms with Crippen LogP contribution in [0.3, 0.4) is 0 Å². The first kappa shape index (κ1) is 14.7. The second-order valence-corrected chi connectivity index (χ2v) is 6.68. The molecule has 1 atom stereocenters. The summed E-state index contributed by atoms with van der Waals surface area (Å²) in [5, 5.41) is 0. The monoisotopic (exact) mass is 314 g/mol. The van der Waals surface area contributed by atoms with E-state index in [9.17, 15) is 4.79 Å². The zero-order valence-electron chi connectivity index (χ0n) is 13.2. The molecule has 1 aromatic rings. The highest BCUT2D eigenvalue weighted by Gasteiger charge is 2.54. The number of rotatable bonds is 4. The van der Waals surface area contributed by atoms with Crippen LogP contribution in [0, 0.1) is 5.92 Å². The van der Waals surface area contributed by atoms with Crippen molar-refractivity contribution in [2.24, 2.45) is 5.92 Å². The van der Waals surface area contributed by atoms with Crippen LogP contribution in [0.15, 0.2) is 36.2 Å². The number of allylic oxidation sites excluding steroid dienone is 1. The maximum Gasteiger partial charge on any atom is 0.249 e. The number of nitrogens with zero attached hydrogens (tertiary/aromatic N) is 2. The van der Waals surface area contributed by atoms with Gasteiger partial charge in [0.05, 0.1) is 25.9 Å². The molecule has 1 aromatic heterocycles. The Morgan fingerprint density at radius 1 is 1.48 bits per heavy atom. The highest BCUT2D eigenvalue weighted by Crippen LogP contribution is 2.41. The Morgan fingerprint density at radius 3 is 3.13 bits per heavy atom. The van der Waals surface area contributed by atoms with Crippen molar-refractivity contribution in [3.05, 3.63) is 36.2 Å². The predicted molar refractivity (Wildman–Crippen MR) is 85.0 cm³/mol. The molecule has 23 heavy (non-hydrogen) atoms. The summed E-state index contributed by atoms with van der Waals surface area (Å²) >= 11 is 0. The molecule has 3 heterocycles. The quantitative estimate of drug-likeness (QED) is 0.855. The summed E-state index contributed by atoms with van der Waals surface area (Å²) < 4.78 is 11.9. The molecule has 2 fully saturated rings. The van der Waals surface area contributed by atoms with E-state index < -0.39 is 0 Å². The molecule has 3 aliphatic rings. The Hall–Kier alpha value is -1.88. The molecule has 5 nitrogen and oxygen atoms in total. The minimum Gasteiger partial charge on any atom is -0.492 e. The van der Waals surface area contributed by atoms with Crippen LogP contribution in [0.1, 0.15) is 25.7 Å². The minimum absolute atomic E-state index is 0.197. The van der Waals surface area contributed by atoms with Crippen molar-refractivity contribution in [3.63, 3.8) is 0 Å². The van der Waals surface area contributed by atoms with Crippen molar-refractivity contribution >= 4 is 5.91 Å². The molecule has 5 heteroatoms. The molecule has 2 aliphatic heterocycles. The highest BCUT2D eigenvalue weighted by atomic mass is 16.5. The average Bonchev–Trinajstić information content (AvgIpc) is 3.21. The van der Waals surface area contributed by atoms with Gasteiger partial charge in [-0.3, -0.25) is 9.78 Å². The van der Waals surface area contributed by atoms with Gasteiger partial charge in [0.1, 0.15) is 11.4 Å². The van der Waals surface area contributed by atoms with Crippen LogP contribution in [-0.2, 0) is 9.53 Å². The van der Waals surface area contributed by atoms with E-state index >= 15 is 0 Å². The Balaban J connectivity index is 1.34. The van der Waals surface area contributed by atoms with Crippen LogP contribution in [0.25, 0.3) is 0 Å². The third-order valence-corrected chi connectivity index (χ3v) is 5.21. The Bertz CT molecular complexity index is 608. The smallest absolute Gasteiger partial charge is 0.249 e. The molecule has 0 bridgehead atoms. The van der Waals surface area contributed by atoms with Crippen LogP contribution in [0.5, 0.6) is 5.75 Å². The third-order valence-electron chi connectivity index (χ3n) is 5.21. The van der Waals surface area contributed by atoms with E-state index in [1.165, 1.54) is 0 Å². The number of aromatic nitrogens is 1. The van der Waals surface area contributed by atoms with Gasteiger partial charge in [-0.2, -0.15) is 0 Å². The van der Waals surface area contributed by atoms with Gasteiger partial charge in [-0.25, -0.2) is 0 Å². The molecular weight excluding hydrogens is 292 g/mol. The minimum atomic E-state index is -0.197. The van der Waals surface area contributed by atoms with E-state index in [1.807, 2.05) is 17.0 Å². The van der Waals surface area contributed by atoms with Crippen LogP contribution in [0.2, 0.25) is 0 Å². The topological polar surface area (TPSA) is 51.7 Å². The summed E-state index contributed by atoms with van der Waals surface area (Å²) in [7, 11) is 0. The summed E-state index contributed by atoms with van der Waals surface area (Å²) in [5.41, 5.74) is 0.790. The largest absolute Gasteiger partial charge is 0.492 e. The van der Waals surface area contributed by atoms with Crippen molar-refractivity contribution in [1.82, 2.24) is 9.88 Å². The number of ether oxygens (including phenoxy) is 2. The average molecular weight is 314 g/mol. The molecular formula is C18H22N2O3. The van der Waals surface area contributed by atoms with Crippen LogP contribution < -0.4 is 4.74 Å². The van der Waals surface area contributed by atoms with E-state index in [0.717, 1.165) is 43.6 Å². The Morgan fingerprint density at radius 2 is 2.39 bits per heavy atom. The zero-order valence-corrected chi connectivity index (χ0v) is 13.2. The lowest BCUT2D eigenvalue weighted by atomic mass is 9.81. The number of amides is 1. The fourth-order valence-corrected chi connectivity index (χ4v) is 3.81. The second-order valence-electron chi connectivity index (χ2n) is 6.68. The lowest BCUT2D eigenvalue weighted by Gasteiger charge is -2.50. The lowest BCUT2D eigenvalue weighted by molar-refractivity contribution is -0.163. The number of carbonyl (C=O) groups excluding carboxylic acids is 1. The molecule has 1 aliphatic carbocycles. The molecule has 1 spiro atoms. The van der Waals surface area contributed by atoms with Gasteiger partial charge in [-0.1, -0.05) is 6.08 Å². The summed E-state index contributed by atoms with van der Waals surface area (Å²) in [6, 6.07) is 3.79. The first-order valence-electron chi connectivity index (χ1n) is 8.42. The van der Waals surface area contributed by atoms with E-state index in [1.54, 1.807) is 12.4 Å². The lowest BCUT2D eigenvalue weighted by Crippen LogP contribution is -2.67. The molecule has 0 N–H and O–H groups in total.